The molecule has 8 heteroatoms. The number of rotatable bonds is 6. The molecule has 6 nitrogen and oxygen atoms in total. The summed E-state index contributed by atoms with van der Waals surface area (Å²) < 4.78 is 48.5. The number of sulfonamides is 1. The van der Waals surface area contributed by atoms with Crippen LogP contribution in [0.2, 0.25) is 0 Å². The van der Waals surface area contributed by atoms with Crippen molar-refractivity contribution in [2.24, 2.45) is 0 Å². The number of aliphatic hydroxyl groups excluding tert-OH is 1. The summed E-state index contributed by atoms with van der Waals surface area (Å²) in [5.41, 5.74) is 0. The fraction of sp³-hybridized carbons (Fsp3) is 0.455. The zero-order valence-electron chi connectivity index (χ0n) is 10.7. The van der Waals surface area contributed by atoms with Gasteiger partial charge in [0.25, 0.3) is 0 Å². The molecular formula is C11H17NO5S2. The second-order valence-corrected chi connectivity index (χ2v) is 8.06. The largest absolute Gasteiger partial charge is 0.393 e. The van der Waals surface area contributed by atoms with Gasteiger partial charge in [0.2, 0.25) is 10.0 Å². The monoisotopic (exact) mass is 307 g/mol. The Kier molecular flexibility index (Phi) is 5.08. The first-order chi connectivity index (χ1) is 8.63. The molecule has 1 aromatic carbocycles. The predicted molar refractivity (Wildman–Crippen MR) is 71.0 cm³/mol. The first kappa shape index (κ1) is 16.1. The van der Waals surface area contributed by atoms with E-state index in [2.05, 4.69) is 4.72 Å². The van der Waals surface area contributed by atoms with Crippen molar-refractivity contribution < 1.29 is 21.9 Å². The van der Waals surface area contributed by atoms with Crippen LogP contribution in [0.1, 0.15) is 13.3 Å². The molecule has 0 aromatic heterocycles. The molecule has 0 saturated carbocycles. The topological polar surface area (TPSA) is 101 Å². The van der Waals surface area contributed by atoms with Gasteiger partial charge in [0.05, 0.1) is 15.9 Å². The third-order valence-corrected chi connectivity index (χ3v) is 5.02. The molecule has 0 fully saturated rings. The number of benzene rings is 1. The van der Waals surface area contributed by atoms with Crippen LogP contribution in [0.3, 0.4) is 0 Å². The lowest BCUT2D eigenvalue weighted by Crippen LogP contribution is -2.26. The number of hydrogen-bond donors (Lipinski definition) is 2. The van der Waals surface area contributed by atoms with Gasteiger partial charge in [-0.2, -0.15) is 0 Å². The average molecular weight is 307 g/mol. The lowest BCUT2D eigenvalue weighted by molar-refractivity contribution is 0.186. The quantitative estimate of drug-likeness (QED) is 0.778. The Hall–Kier alpha value is -0.960. The second-order valence-electron chi connectivity index (χ2n) is 4.28. The van der Waals surface area contributed by atoms with Gasteiger partial charge < -0.3 is 5.11 Å². The molecule has 0 heterocycles. The summed E-state index contributed by atoms with van der Waals surface area (Å²) in [5, 5.41) is 9.04. The molecule has 1 unspecified atom stereocenters. The highest BCUT2D eigenvalue weighted by atomic mass is 32.2. The first-order valence-electron chi connectivity index (χ1n) is 5.61. The van der Waals surface area contributed by atoms with Gasteiger partial charge in [-0.25, -0.2) is 21.6 Å². The Morgan fingerprint density at radius 2 is 1.58 bits per heavy atom. The summed E-state index contributed by atoms with van der Waals surface area (Å²) in [6.07, 6.45) is 0.771. The van der Waals surface area contributed by atoms with Gasteiger partial charge >= 0.3 is 0 Å². The van der Waals surface area contributed by atoms with E-state index in [0.717, 1.165) is 6.26 Å². The average Bonchev–Trinajstić information content (AvgIpc) is 2.27. The van der Waals surface area contributed by atoms with E-state index < -0.39 is 26.0 Å². The highest BCUT2D eigenvalue weighted by Crippen LogP contribution is 2.14. The molecule has 0 aliphatic heterocycles. The van der Waals surface area contributed by atoms with Crippen LogP contribution in [0.15, 0.2) is 34.1 Å². The van der Waals surface area contributed by atoms with E-state index in [-0.39, 0.29) is 16.3 Å². The third kappa shape index (κ3) is 4.90. The van der Waals surface area contributed by atoms with Crippen molar-refractivity contribution in [2.75, 3.05) is 12.8 Å². The zero-order valence-corrected chi connectivity index (χ0v) is 12.3. The lowest BCUT2D eigenvalue weighted by atomic mass is 10.3. The normalized spacial score (nSPS) is 14.3. The van der Waals surface area contributed by atoms with Crippen LogP contribution in [0.4, 0.5) is 0 Å². The first-order valence-corrected chi connectivity index (χ1v) is 8.98. The molecule has 0 aliphatic rings. The van der Waals surface area contributed by atoms with Crippen molar-refractivity contribution in [3.8, 4) is 0 Å². The van der Waals surface area contributed by atoms with E-state index in [1.807, 2.05) is 0 Å². The van der Waals surface area contributed by atoms with E-state index in [9.17, 15) is 16.8 Å². The molecule has 0 bridgehead atoms. The van der Waals surface area contributed by atoms with E-state index in [1.54, 1.807) is 6.92 Å². The Morgan fingerprint density at radius 1 is 1.11 bits per heavy atom. The fourth-order valence-electron chi connectivity index (χ4n) is 1.35. The van der Waals surface area contributed by atoms with Gasteiger partial charge in [-0.15, -0.1) is 0 Å². The molecule has 0 saturated heterocycles. The van der Waals surface area contributed by atoms with E-state index in [1.165, 1.54) is 24.3 Å². The van der Waals surface area contributed by atoms with Gasteiger partial charge in [0.15, 0.2) is 9.84 Å². The molecule has 2 N–H and O–H groups in total. The fourth-order valence-corrected chi connectivity index (χ4v) is 3.03. The summed E-state index contributed by atoms with van der Waals surface area (Å²) in [5.74, 6) is 0. The van der Waals surface area contributed by atoms with E-state index in [0.29, 0.717) is 6.42 Å². The molecule has 108 valence electrons. The van der Waals surface area contributed by atoms with Gasteiger partial charge in [0.1, 0.15) is 0 Å². The number of aliphatic hydroxyl groups is 1. The number of hydrogen-bond acceptors (Lipinski definition) is 5. The van der Waals surface area contributed by atoms with Crippen molar-refractivity contribution in [3.05, 3.63) is 24.3 Å². The highest BCUT2D eigenvalue weighted by molar-refractivity contribution is 7.90. The van der Waals surface area contributed by atoms with Gasteiger partial charge in [-0.05, 0) is 37.6 Å². The van der Waals surface area contributed by atoms with Crippen LogP contribution in [0, 0.1) is 0 Å². The summed E-state index contributed by atoms with van der Waals surface area (Å²) in [4.78, 5) is 0.0564. The molecule has 1 aromatic rings. The summed E-state index contributed by atoms with van der Waals surface area (Å²) in [6, 6.07) is 4.97. The van der Waals surface area contributed by atoms with Crippen LogP contribution in [0.25, 0.3) is 0 Å². The minimum Gasteiger partial charge on any atom is -0.393 e. The smallest absolute Gasteiger partial charge is 0.240 e. The van der Waals surface area contributed by atoms with Crippen LogP contribution >= 0.6 is 0 Å². The van der Waals surface area contributed by atoms with Crippen molar-refractivity contribution in [1.82, 2.24) is 4.72 Å². The van der Waals surface area contributed by atoms with Crippen molar-refractivity contribution in [2.45, 2.75) is 29.2 Å². The maximum atomic E-state index is 11.8. The lowest BCUT2D eigenvalue weighted by Gasteiger charge is -2.08. The third-order valence-electron chi connectivity index (χ3n) is 2.42. The Bertz CT molecular complexity index is 618. The van der Waals surface area contributed by atoms with Crippen LogP contribution in [0.5, 0.6) is 0 Å². The van der Waals surface area contributed by atoms with Gasteiger partial charge in [-0.3, -0.25) is 0 Å². The Labute approximate surface area is 113 Å². The Morgan fingerprint density at radius 3 is 2.00 bits per heavy atom. The SMILES string of the molecule is CC(O)CCNS(=O)(=O)c1ccc(S(C)(=O)=O)cc1. The standard InChI is InChI=1S/C11H17NO5S2/c1-9(13)7-8-12-19(16,17)11-5-3-10(4-6-11)18(2,14)15/h3-6,9,12-13H,7-8H2,1-2H3. The molecule has 0 radical (unpaired) electrons. The number of sulfone groups is 1. The molecule has 19 heavy (non-hydrogen) atoms. The van der Waals surface area contributed by atoms with Crippen LogP contribution in [-0.4, -0.2) is 40.8 Å². The molecular weight excluding hydrogens is 290 g/mol. The maximum absolute atomic E-state index is 11.8. The molecule has 0 aliphatic carbocycles. The highest BCUT2D eigenvalue weighted by Gasteiger charge is 2.15. The van der Waals surface area contributed by atoms with E-state index in [4.69, 9.17) is 5.11 Å². The molecule has 0 spiro atoms. The Balaban J connectivity index is 2.85. The van der Waals surface area contributed by atoms with Crippen molar-refractivity contribution in [3.63, 3.8) is 0 Å². The molecule has 0 amide bonds. The van der Waals surface area contributed by atoms with Crippen LogP contribution in [-0.2, 0) is 19.9 Å². The predicted octanol–water partition coefficient (Wildman–Crippen LogP) is 0.139. The molecule has 1 atom stereocenters. The second kappa shape index (κ2) is 6.00. The van der Waals surface area contributed by atoms with Crippen molar-refractivity contribution >= 4 is 19.9 Å². The minimum atomic E-state index is -3.67. The van der Waals surface area contributed by atoms with Gasteiger partial charge in [0, 0.05) is 12.8 Å². The van der Waals surface area contributed by atoms with E-state index >= 15 is 0 Å². The number of nitrogens with one attached hydrogen (secondary N) is 1. The maximum Gasteiger partial charge on any atom is 0.240 e. The molecule has 1 rings (SSSR count). The van der Waals surface area contributed by atoms with Crippen LogP contribution < -0.4 is 4.72 Å². The van der Waals surface area contributed by atoms with Crippen molar-refractivity contribution in [1.29, 1.82) is 0 Å². The summed E-state index contributed by atoms with van der Waals surface area (Å²) in [6.45, 7) is 1.68. The minimum absolute atomic E-state index is 0.00880. The van der Waals surface area contributed by atoms with Gasteiger partial charge in [-0.1, -0.05) is 0 Å². The summed E-state index contributed by atoms with van der Waals surface area (Å²) >= 11 is 0. The summed E-state index contributed by atoms with van der Waals surface area (Å²) in [7, 11) is -7.02. The zero-order chi connectivity index (χ0) is 14.7.